The van der Waals surface area contributed by atoms with Crippen molar-refractivity contribution in [2.24, 2.45) is 5.92 Å². The third kappa shape index (κ3) is 3.15. The summed E-state index contributed by atoms with van der Waals surface area (Å²) < 4.78 is 27.1. The maximum Gasteiger partial charge on any atom is 0.243 e. The Bertz CT molecular complexity index is 569. The number of rotatable bonds is 3. The van der Waals surface area contributed by atoms with E-state index in [9.17, 15) is 8.42 Å². The molecule has 0 aliphatic carbocycles. The maximum atomic E-state index is 12.8. The normalized spacial score (nSPS) is 21.6. The predicted octanol–water partition coefficient (Wildman–Crippen LogP) is 2.78. The molecular formula is C15H24N2O2S. The Morgan fingerprint density at radius 2 is 2.05 bits per heavy atom. The standard InChI is InChI=1S/C15H24N2O2S/c1-3-13-5-4-9-17(10-8-13)20(18,19)15-7-6-14(16)11-12(15)2/h6-7,11,13H,3-5,8-10,16H2,1-2H3. The molecule has 1 saturated heterocycles. The van der Waals surface area contributed by atoms with Gasteiger partial charge in [0.15, 0.2) is 0 Å². The zero-order valence-corrected chi connectivity index (χ0v) is 13.1. The van der Waals surface area contributed by atoms with Crippen LogP contribution in [0.2, 0.25) is 0 Å². The van der Waals surface area contributed by atoms with Crippen LogP contribution in [-0.4, -0.2) is 25.8 Å². The van der Waals surface area contributed by atoms with Crippen molar-refractivity contribution in [3.63, 3.8) is 0 Å². The molecule has 5 heteroatoms. The fourth-order valence-corrected chi connectivity index (χ4v) is 4.59. The van der Waals surface area contributed by atoms with Crippen molar-refractivity contribution in [3.8, 4) is 0 Å². The number of benzene rings is 1. The molecule has 0 spiro atoms. The van der Waals surface area contributed by atoms with Crippen molar-refractivity contribution in [2.75, 3.05) is 18.8 Å². The lowest BCUT2D eigenvalue weighted by atomic mass is 9.98. The molecule has 0 bridgehead atoms. The Labute approximate surface area is 122 Å². The molecule has 0 amide bonds. The molecule has 0 radical (unpaired) electrons. The molecule has 1 aromatic carbocycles. The zero-order valence-electron chi connectivity index (χ0n) is 12.3. The van der Waals surface area contributed by atoms with Crippen LogP contribution in [0.5, 0.6) is 0 Å². The lowest BCUT2D eigenvalue weighted by molar-refractivity contribution is 0.407. The summed E-state index contributed by atoms with van der Waals surface area (Å²) in [5.41, 5.74) is 7.03. The molecule has 1 aromatic rings. The number of nitrogens with two attached hydrogens (primary N) is 1. The number of nitrogens with zero attached hydrogens (tertiary/aromatic N) is 1. The Kier molecular flexibility index (Phi) is 4.70. The van der Waals surface area contributed by atoms with Gasteiger partial charge in [-0.15, -0.1) is 0 Å². The van der Waals surface area contributed by atoms with Gasteiger partial charge in [-0.2, -0.15) is 4.31 Å². The van der Waals surface area contributed by atoms with E-state index < -0.39 is 10.0 Å². The van der Waals surface area contributed by atoms with Gasteiger partial charge >= 0.3 is 0 Å². The molecule has 1 aliphatic heterocycles. The SMILES string of the molecule is CCC1CCCN(S(=O)(=O)c2ccc(N)cc2C)CC1. The Hall–Kier alpha value is -1.07. The summed E-state index contributed by atoms with van der Waals surface area (Å²) in [6.07, 6.45) is 4.17. The summed E-state index contributed by atoms with van der Waals surface area (Å²) in [4.78, 5) is 0.390. The van der Waals surface area contributed by atoms with Gasteiger partial charge < -0.3 is 5.73 Å². The molecule has 0 aromatic heterocycles. The fourth-order valence-electron chi connectivity index (χ4n) is 2.89. The van der Waals surface area contributed by atoms with Crippen LogP contribution in [0.15, 0.2) is 23.1 Å². The second-order valence-corrected chi connectivity index (χ2v) is 7.54. The third-order valence-electron chi connectivity index (χ3n) is 4.20. The van der Waals surface area contributed by atoms with E-state index in [-0.39, 0.29) is 0 Å². The van der Waals surface area contributed by atoms with Crippen LogP contribution in [-0.2, 0) is 10.0 Å². The van der Waals surface area contributed by atoms with Crippen LogP contribution < -0.4 is 5.73 Å². The first-order chi connectivity index (χ1) is 9.45. The highest BCUT2D eigenvalue weighted by molar-refractivity contribution is 7.89. The van der Waals surface area contributed by atoms with Crippen LogP contribution in [0.4, 0.5) is 5.69 Å². The summed E-state index contributed by atoms with van der Waals surface area (Å²) >= 11 is 0. The predicted molar refractivity (Wildman–Crippen MR) is 82.0 cm³/mol. The zero-order chi connectivity index (χ0) is 14.8. The highest BCUT2D eigenvalue weighted by atomic mass is 32.2. The van der Waals surface area contributed by atoms with E-state index in [1.54, 1.807) is 29.4 Å². The number of nitrogen functional groups attached to an aromatic ring is 1. The van der Waals surface area contributed by atoms with E-state index in [2.05, 4.69) is 6.92 Å². The van der Waals surface area contributed by atoms with Crippen molar-refractivity contribution < 1.29 is 8.42 Å². The monoisotopic (exact) mass is 296 g/mol. The fraction of sp³-hybridized carbons (Fsp3) is 0.600. The highest BCUT2D eigenvalue weighted by Crippen LogP contribution is 2.27. The first kappa shape index (κ1) is 15.3. The van der Waals surface area contributed by atoms with Gasteiger partial charge in [0.05, 0.1) is 4.90 Å². The first-order valence-corrected chi connectivity index (χ1v) is 8.75. The molecule has 1 atom stereocenters. The molecule has 1 fully saturated rings. The number of anilines is 1. The maximum absolute atomic E-state index is 12.8. The van der Waals surface area contributed by atoms with Crippen LogP contribution in [0.25, 0.3) is 0 Å². The van der Waals surface area contributed by atoms with Crippen LogP contribution >= 0.6 is 0 Å². The summed E-state index contributed by atoms with van der Waals surface area (Å²) in [7, 11) is -3.39. The van der Waals surface area contributed by atoms with Crippen molar-refractivity contribution in [3.05, 3.63) is 23.8 Å². The van der Waals surface area contributed by atoms with Crippen LogP contribution in [0.1, 0.15) is 38.2 Å². The van der Waals surface area contributed by atoms with Crippen LogP contribution in [0.3, 0.4) is 0 Å². The van der Waals surface area contributed by atoms with Crippen LogP contribution in [0, 0.1) is 12.8 Å². The van der Waals surface area contributed by atoms with E-state index in [1.165, 1.54) is 0 Å². The molecule has 1 aliphatic rings. The number of hydrogen-bond donors (Lipinski definition) is 1. The molecule has 112 valence electrons. The second kappa shape index (κ2) is 6.14. The van der Waals surface area contributed by atoms with E-state index in [0.717, 1.165) is 31.2 Å². The Balaban J connectivity index is 2.25. The van der Waals surface area contributed by atoms with Gasteiger partial charge in [-0.25, -0.2) is 8.42 Å². The van der Waals surface area contributed by atoms with E-state index in [4.69, 9.17) is 5.73 Å². The van der Waals surface area contributed by atoms with Gasteiger partial charge in [-0.05, 0) is 55.9 Å². The second-order valence-electron chi connectivity index (χ2n) is 5.63. The molecule has 20 heavy (non-hydrogen) atoms. The average molecular weight is 296 g/mol. The van der Waals surface area contributed by atoms with Crippen molar-refractivity contribution in [2.45, 2.75) is 44.4 Å². The van der Waals surface area contributed by atoms with E-state index >= 15 is 0 Å². The lowest BCUT2D eigenvalue weighted by Crippen LogP contribution is -2.32. The van der Waals surface area contributed by atoms with Gasteiger partial charge in [-0.1, -0.05) is 13.3 Å². The van der Waals surface area contributed by atoms with Gasteiger partial charge in [0.1, 0.15) is 0 Å². The Morgan fingerprint density at radius 1 is 1.30 bits per heavy atom. The quantitative estimate of drug-likeness (QED) is 0.872. The topological polar surface area (TPSA) is 63.4 Å². The number of aryl methyl sites for hydroxylation is 1. The smallest absolute Gasteiger partial charge is 0.243 e. The van der Waals surface area contributed by atoms with E-state index in [1.807, 2.05) is 0 Å². The molecule has 4 nitrogen and oxygen atoms in total. The molecule has 2 rings (SSSR count). The van der Waals surface area contributed by atoms with Gasteiger partial charge in [-0.3, -0.25) is 0 Å². The molecule has 2 N–H and O–H groups in total. The minimum atomic E-state index is -3.39. The highest BCUT2D eigenvalue weighted by Gasteiger charge is 2.28. The molecule has 0 saturated carbocycles. The van der Waals surface area contributed by atoms with Gasteiger partial charge in [0.25, 0.3) is 0 Å². The largest absolute Gasteiger partial charge is 0.399 e. The Morgan fingerprint density at radius 3 is 2.70 bits per heavy atom. The summed E-state index contributed by atoms with van der Waals surface area (Å²) in [6.45, 7) is 5.24. The summed E-state index contributed by atoms with van der Waals surface area (Å²) in [5.74, 6) is 0.655. The number of hydrogen-bond acceptors (Lipinski definition) is 3. The van der Waals surface area contributed by atoms with E-state index in [0.29, 0.717) is 29.6 Å². The van der Waals surface area contributed by atoms with Crippen molar-refractivity contribution in [1.82, 2.24) is 4.31 Å². The average Bonchev–Trinajstić information content (AvgIpc) is 2.63. The van der Waals surface area contributed by atoms with Gasteiger partial charge in [0, 0.05) is 18.8 Å². The molecule has 1 heterocycles. The third-order valence-corrected chi connectivity index (χ3v) is 6.26. The minimum Gasteiger partial charge on any atom is -0.399 e. The number of sulfonamides is 1. The molecule has 1 unspecified atom stereocenters. The van der Waals surface area contributed by atoms with Crippen molar-refractivity contribution >= 4 is 15.7 Å². The summed E-state index contributed by atoms with van der Waals surface area (Å²) in [6, 6.07) is 5.01. The minimum absolute atomic E-state index is 0.390. The van der Waals surface area contributed by atoms with Crippen molar-refractivity contribution in [1.29, 1.82) is 0 Å². The lowest BCUT2D eigenvalue weighted by Gasteiger charge is -2.21. The van der Waals surface area contributed by atoms with Gasteiger partial charge in [0.2, 0.25) is 10.0 Å². The summed E-state index contributed by atoms with van der Waals surface area (Å²) in [5, 5.41) is 0. The first-order valence-electron chi connectivity index (χ1n) is 7.31. The molecular weight excluding hydrogens is 272 g/mol.